The molecule has 0 bridgehead atoms. The van der Waals surface area contributed by atoms with E-state index >= 15 is 0 Å². The molecule has 1 amide bonds. The maximum Gasteiger partial charge on any atom is 0.265 e. The van der Waals surface area contributed by atoms with Crippen molar-refractivity contribution in [2.24, 2.45) is 0 Å². The Morgan fingerprint density at radius 1 is 1.11 bits per heavy atom. The molecule has 4 rings (SSSR count). The van der Waals surface area contributed by atoms with E-state index in [0.29, 0.717) is 18.1 Å². The van der Waals surface area contributed by atoms with Gasteiger partial charge in [-0.25, -0.2) is 4.90 Å². The molecule has 28 heavy (non-hydrogen) atoms. The first-order chi connectivity index (χ1) is 13.7. The minimum Gasteiger partial charge on any atom is -0.493 e. The van der Waals surface area contributed by atoms with Gasteiger partial charge in [-0.05, 0) is 64.3 Å². The molecule has 0 radical (unpaired) electrons. The number of furan rings is 1. The fraction of sp³-hybridized carbons (Fsp3) is 0.0870. The molecular formula is C23H18BrNO3. The lowest BCUT2D eigenvalue weighted by Gasteiger charge is -2.17. The van der Waals surface area contributed by atoms with E-state index < -0.39 is 0 Å². The lowest BCUT2D eigenvalue weighted by molar-refractivity contribution is -0.113. The Bertz CT molecular complexity index is 1050. The van der Waals surface area contributed by atoms with Crippen LogP contribution < -0.4 is 9.64 Å². The topological polar surface area (TPSA) is 42.7 Å². The SMILES string of the molecule is CCOc1ccc(/C=C2\C=C(c3ccccc3)N(c3ccco3)C2=O)cc1Br. The summed E-state index contributed by atoms with van der Waals surface area (Å²) in [5, 5.41) is 0. The highest BCUT2D eigenvalue weighted by atomic mass is 79.9. The molecule has 1 aliphatic heterocycles. The first kappa shape index (κ1) is 18.3. The van der Waals surface area contributed by atoms with Gasteiger partial charge < -0.3 is 9.15 Å². The molecule has 0 unspecified atom stereocenters. The van der Waals surface area contributed by atoms with Crippen LogP contribution in [0.4, 0.5) is 5.88 Å². The maximum absolute atomic E-state index is 13.2. The number of halogens is 1. The lowest BCUT2D eigenvalue weighted by Crippen LogP contribution is -2.24. The summed E-state index contributed by atoms with van der Waals surface area (Å²) in [4.78, 5) is 14.8. The molecular weight excluding hydrogens is 418 g/mol. The molecule has 1 aromatic heterocycles. The van der Waals surface area contributed by atoms with Crippen molar-refractivity contribution in [3.05, 3.63) is 94.2 Å². The van der Waals surface area contributed by atoms with E-state index in [2.05, 4.69) is 15.9 Å². The largest absolute Gasteiger partial charge is 0.493 e. The third-order valence-electron chi connectivity index (χ3n) is 4.36. The second-order valence-electron chi connectivity index (χ2n) is 6.21. The smallest absolute Gasteiger partial charge is 0.265 e. The normalized spacial score (nSPS) is 15.2. The summed E-state index contributed by atoms with van der Waals surface area (Å²) in [5.74, 6) is 1.15. The second-order valence-corrected chi connectivity index (χ2v) is 7.06. The quantitative estimate of drug-likeness (QED) is 0.467. The summed E-state index contributed by atoms with van der Waals surface area (Å²) in [7, 11) is 0. The molecule has 2 heterocycles. The van der Waals surface area contributed by atoms with Crippen molar-refractivity contribution in [3.8, 4) is 5.75 Å². The van der Waals surface area contributed by atoms with Crippen LogP contribution in [0.15, 0.2) is 87.5 Å². The highest BCUT2D eigenvalue weighted by molar-refractivity contribution is 9.10. The van der Waals surface area contributed by atoms with Crippen molar-refractivity contribution in [2.45, 2.75) is 6.92 Å². The number of benzene rings is 2. The third kappa shape index (κ3) is 3.53. The first-order valence-corrected chi connectivity index (χ1v) is 9.76. The van der Waals surface area contributed by atoms with E-state index in [-0.39, 0.29) is 5.91 Å². The van der Waals surface area contributed by atoms with Gasteiger partial charge in [0.2, 0.25) is 5.88 Å². The van der Waals surface area contributed by atoms with Crippen molar-refractivity contribution in [1.82, 2.24) is 0 Å². The van der Waals surface area contributed by atoms with E-state index in [1.807, 2.05) is 67.6 Å². The van der Waals surface area contributed by atoms with E-state index in [1.165, 1.54) is 0 Å². The fourth-order valence-electron chi connectivity index (χ4n) is 3.11. The predicted molar refractivity (Wildman–Crippen MR) is 114 cm³/mol. The van der Waals surface area contributed by atoms with Crippen LogP contribution in [0.1, 0.15) is 18.1 Å². The number of ether oxygens (including phenoxy) is 1. The zero-order chi connectivity index (χ0) is 19.5. The molecule has 4 nitrogen and oxygen atoms in total. The van der Waals surface area contributed by atoms with Gasteiger partial charge in [-0.15, -0.1) is 0 Å². The Labute approximate surface area is 171 Å². The standard InChI is InChI=1S/C23H18BrNO3/c1-2-27-21-11-10-16(14-19(21)24)13-18-15-20(17-7-4-3-5-8-17)25(23(18)26)22-9-6-12-28-22/h3-15H,2H2,1H3/b18-13+. The van der Waals surface area contributed by atoms with E-state index in [4.69, 9.17) is 9.15 Å². The molecule has 1 aliphatic rings. The van der Waals surface area contributed by atoms with Crippen molar-refractivity contribution < 1.29 is 13.9 Å². The number of carbonyl (C=O) groups is 1. The Balaban J connectivity index is 1.75. The zero-order valence-electron chi connectivity index (χ0n) is 15.3. The number of nitrogens with zero attached hydrogens (tertiary/aromatic N) is 1. The molecule has 0 saturated carbocycles. The highest BCUT2D eigenvalue weighted by Gasteiger charge is 2.31. The minimum absolute atomic E-state index is 0.126. The van der Waals surface area contributed by atoms with Crippen LogP contribution in [-0.2, 0) is 4.79 Å². The van der Waals surface area contributed by atoms with Crippen LogP contribution in [0.2, 0.25) is 0 Å². The van der Waals surface area contributed by atoms with Crippen molar-refractivity contribution in [2.75, 3.05) is 11.5 Å². The molecule has 0 atom stereocenters. The van der Waals surface area contributed by atoms with Gasteiger partial charge in [0.05, 0.1) is 23.0 Å². The Morgan fingerprint density at radius 3 is 2.61 bits per heavy atom. The van der Waals surface area contributed by atoms with E-state index in [1.54, 1.807) is 23.3 Å². The van der Waals surface area contributed by atoms with Crippen LogP contribution >= 0.6 is 15.9 Å². The summed E-state index contributed by atoms with van der Waals surface area (Å²) < 4.78 is 11.9. The van der Waals surface area contributed by atoms with E-state index in [9.17, 15) is 4.79 Å². The molecule has 3 aromatic rings. The monoisotopic (exact) mass is 435 g/mol. The minimum atomic E-state index is -0.126. The Kier molecular flexibility index (Phi) is 5.17. The van der Waals surface area contributed by atoms with Crippen LogP contribution in [0.3, 0.4) is 0 Å². The molecule has 0 aliphatic carbocycles. The van der Waals surface area contributed by atoms with Crippen LogP contribution in [0, 0.1) is 0 Å². The van der Waals surface area contributed by atoms with Crippen LogP contribution in [-0.4, -0.2) is 12.5 Å². The van der Waals surface area contributed by atoms with Crippen LogP contribution in [0.5, 0.6) is 5.75 Å². The lowest BCUT2D eigenvalue weighted by atomic mass is 10.1. The molecule has 140 valence electrons. The molecule has 5 heteroatoms. The summed E-state index contributed by atoms with van der Waals surface area (Å²) in [6.07, 6.45) is 5.33. The summed E-state index contributed by atoms with van der Waals surface area (Å²) in [5.41, 5.74) is 3.23. The predicted octanol–water partition coefficient (Wildman–Crippen LogP) is 5.91. The Hall–Kier alpha value is -3.05. The molecule has 2 aromatic carbocycles. The maximum atomic E-state index is 13.2. The van der Waals surface area contributed by atoms with Crippen LogP contribution in [0.25, 0.3) is 11.8 Å². The van der Waals surface area contributed by atoms with Crippen molar-refractivity contribution in [1.29, 1.82) is 0 Å². The van der Waals surface area contributed by atoms with Gasteiger partial charge in [0.15, 0.2) is 0 Å². The molecule has 0 spiro atoms. The van der Waals surface area contributed by atoms with Crippen molar-refractivity contribution >= 4 is 39.5 Å². The number of carbonyl (C=O) groups excluding carboxylic acids is 1. The number of hydrogen-bond donors (Lipinski definition) is 0. The number of anilines is 1. The summed E-state index contributed by atoms with van der Waals surface area (Å²) in [6, 6.07) is 19.1. The molecule has 0 N–H and O–H groups in total. The first-order valence-electron chi connectivity index (χ1n) is 8.96. The second kappa shape index (κ2) is 7.90. The van der Waals surface area contributed by atoms with Gasteiger partial charge in [-0.3, -0.25) is 4.79 Å². The van der Waals surface area contributed by atoms with Gasteiger partial charge >= 0.3 is 0 Å². The zero-order valence-corrected chi connectivity index (χ0v) is 16.8. The van der Waals surface area contributed by atoms with Gasteiger partial charge in [0.25, 0.3) is 5.91 Å². The number of amides is 1. The van der Waals surface area contributed by atoms with Gasteiger partial charge in [-0.1, -0.05) is 36.4 Å². The van der Waals surface area contributed by atoms with Gasteiger partial charge in [-0.2, -0.15) is 0 Å². The number of rotatable bonds is 5. The fourth-order valence-corrected chi connectivity index (χ4v) is 3.62. The number of hydrogen-bond acceptors (Lipinski definition) is 3. The highest BCUT2D eigenvalue weighted by Crippen LogP contribution is 2.36. The van der Waals surface area contributed by atoms with Crippen molar-refractivity contribution in [3.63, 3.8) is 0 Å². The average Bonchev–Trinajstić information content (AvgIpc) is 3.33. The average molecular weight is 436 g/mol. The van der Waals surface area contributed by atoms with E-state index in [0.717, 1.165) is 27.0 Å². The summed E-state index contributed by atoms with van der Waals surface area (Å²) in [6.45, 7) is 2.54. The third-order valence-corrected chi connectivity index (χ3v) is 4.98. The Morgan fingerprint density at radius 2 is 1.93 bits per heavy atom. The summed E-state index contributed by atoms with van der Waals surface area (Å²) >= 11 is 3.52. The molecule has 0 saturated heterocycles. The van der Waals surface area contributed by atoms with Gasteiger partial charge in [0, 0.05) is 11.6 Å². The molecule has 0 fully saturated rings. The van der Waals surface area contributed by atoms with Gasteiger partial charge in [0.1, 0.15) is 5.75 Å².